The molecular weight excluding hydrogens is 590 g/mol. The number of pyridine rings is 1. The molecule has 1 aliphatic rings. The lowest BCUT2D eigenvalue weighted by Gasteiger charge is -2.20. The second-order valence-corrected chi connectivity index (χ2v) is 11.9. The van der Waals surface area contributed by atoms with Crippen molar-refractivity contribution in [3.05, 3.63) is 175 Å². The summed E-state index contributed by atoms with van der Waals surface area (Å²) in [6, 6.07) is 50.1. The maximum atomic E-state index is 14.8. The van der Waals surface area contributed by atoms with Gasteiger partial charge >= 0.3 is 0 Å². The van der Waals surface area contributed by atoms with E-state index in [-0.39, 0.29) is 11.8 Å². The molecule has 0 bridgehead atoms. The Morgan fingerprint density at radius 3 is 1.85 bits per heavy atom. The van der Waals surface area contributed by atoms with Crippen molar-refractivity contribution in [1.82, 2.24) is 9.55 Å². The van der Waals surface area contributed by atoms with Crippen molar-refractivity contribution >= 4 is 39.3 Å². The Morgan fingerprint density at radius 2 is 1.06 bits per heavy atom. The van der Waals surface area contributed by atoms with Gasteiger partial charge in [-0.05, 0) is 76.3 Å². The lowest BCUT2D eigenvalue weighted by atomic mass is 9.97. The SMILES string of the molecule is O=C1c2cccc(-n3c4ccccc4c4cc(-c5ccncc5)ccc43)c2C(=O)N1c1cc(-c2ccccc2)ccc1-c1ccccc1. The molecule has 0 radical (unpaired) electrons. The summed E-state index contributed by atoms with van der Waals surface area (Å²) in [5.74, 6) is -0.674. The molecule has 2 aromatic heterocycles. The van der Waals surface area contributed by atoms with E-state index in [0.717, 1.165) is 55.2 Å². The number of hydrogen-bond acceptors (Lipinski definition) is 3. The molecule has 0 saturated carbocycles. The molecule has 0 saturated heterocycles. The van der Waals surface area contributed by atoms with E-state index in [1.807, 2.05) is 115 Å². The number of carbonyl (C=O) groups excluding carboxylic acids is 2. The van der Waals surface area contributed by atoms with E-state index in [1.165, 1.54) is 4.90 Å². The van der Waals surface area contributed by atoms with Gasteiger partial charge in [-0.25, -0.2) is 4.90 Å². The highest BCUT2D eigenvalue weighted by atomic mass is 16.2. The van der Waals surface area contributed by atoms with Crippen LogP contribution in [-0.2, 0) is 0 Å². The number of benzene rings is 6. The van der Waals surface area contributed by atoms with Gasteiger partial charge in [-0.3, -0.25) is 14.6 Å². The molecule has 1 aliphatic heterocycles. The predicted octanol–water partition coefficient (Wildman–Crippen LogP) is 9.98. The molecule has 6 aromatic carbocycles. The van der Waals surface area contributed by atoms with Gasteiger partial charge < -0.3 is 4.57 Å². The maximum Gasteiger partial charge on any atom is 0.268 e. The van der Waals surface area contributed by atoms with Gasteiger partial charge in [0.05, 0.1) is 33.5 Å². The summed E-state index contributed by atoms with van der Waals surface area (Å²) in [5, 5.41) is 2.13. The fourth-order valence-electron chi connectivity index (χ4n) is 7.02. The Kier molecular flexibility index (Phi) is 6.37. The number of rotatable bonds is 5. The Balaban J connectivity index is 1.24. The van der Waals surface area contributed by atoms with E-state index < -0.39 is 0 Å². The quantitative estimate of drug-likeness (QED) is 0.181. The third-order valence-corrected chi connectivity index (χ3v) is 9.25. The normalized spacial score (nSPS) is 12.6. The van der Waals surface area contributed by atoms with Crippen molar-refractivity contribution in [3.8, 4) is 39.1 Å². The largest absolute Gasteiger partial charge is 0.308 e. The molecule has 8 aromatic rings. The van der Waals surface area contributed by atoms with Gasteiger partial charge in [0.2, 0.25) is 0 Å². The van der Waals surface area contributed by atoms with Crippen LogP contribution < -0.4 is 4.90 Å². The van der Waals surface area contributed by atoms with E-state index in [4.69, 9.17) is 0 Å². The first-order valence-electron chi connectivity index (χ1n) is 15.9. The van der Waals surface area contributed by atoms with Gasteiger partial charge in [0.25, 0.3) is 11.8 Å². The van der Waals surface area contributed by atoms with Gasteiger partial charge in [-0.2, -0.15) is 0 Å². The predicted molar refractivity (Wildman–Crippen MR) is 192 cm³/mol. The summed E-state index contributed by atoms with van der Waals surface area (Å²) in [5.41, 5.74) is 9.77. The van der Waals surface area contributed by atoms with E-state index in [1.54, 1.807) is 18.5 Å². The second kappa shape index (κ2) is 11.0. The first-order chi connectivity index (χ1) is 23.7. The number of nitrogens with zero attached hydrogens (tertiary/aromatic N) is 3. The molecule has 0 unspecified atom stereocenters. The zero-order valence-corrected chi connectivity index (χ0v) is 25.7. The van der Waals surface area contributed by atoms with Crippen LogP contribution in [0.3, 0.4) is 0 Å². The Morgan fingerprint density at radius 1 is 0.417 bits per heavy atom. The molecule has 226 valence electrons. The molecule has 9 rings (SSSR count). The van der Waals surface area contributed by atoms with Crippen molar-refractivity contribution in [2.75, 3.05) is 4.90 Å². The molecule has 0 N–H and O–H groups in total. The molecular formula is C43H27N3O2. The standard InChI is InChI=1S/C43H27N3O2/c47-42-35-15-9-17-39(45-37-16-8-7-14-34(37)36-26-31(19-21-38(36)45)29-22-24-44-25-23-29)41(35)43(48)46(42)40-27-32(28-10-3-1-4-11-28)18-20-33(40)30-12-5-2-6-13-30/h1-27H. The maximum absolute atomic E-state index is 14.8. The number of fused-ring (bicyclic) bond motifs is 4. The van der Waals surface area contributed by atoms with Crippen LogP contribution in [-0.4, -0.2) is 21.4 Å². The number of aromatic nitrogens is 2. The Hall–Kier alpha value is -6.59. The van der Waals surface area contributed by atoms with Gasteiger partial charge in [0.1, 0.15) is 0 Å². The smallest absolute Gasteiger partial charge is 0.268 e. The molecule has 48 heavy (non-hydrogen) atoms. The van der Waals surface area contributed by atoms with Crippen molar-refractivity contribution in [2.24, 2.45) is 0 Å². The average molecular weight is 618 g/mol. The van der Waals surface area contributed by atoms with E-state index in [2.05, 4.69) is 39.9 Å². The zero-order valence-electron chi connectivity index (χ0n) is 25.7. The molecule has 0 aliphatic carbocycles. The van der Waals surface area contributed by atoms with Crippen molar-refractivity contribution in [2.45, 2.75) is 0 Å². The second-order valence-electron chi connectivity index (χ2n) is 11.9. The summed E-state index contributed by atoms with van der Waals surface area (Å²) < 4.78 is 2.12. The van der Waals surface area contributed by atoms with Crippen LogP contribution in [0, 0.1) is 0 Å². The summed E-state index contributed by atoms with van der Waals surface area (Å²) >= 11 is 0. The fourth-order valence-corrected chi connectivity index (χ4v) is 7.02. The number of imide groups is 1. The fraction of sp³-hybridized carbons (Fsp3) is 0. The van der Waals surface area contributed by atoms with Crippen molar-refractivity contribution < 1.29 is 9.59 Å². The molecule has 5 nitrogen and oxygen atoms in total. The number of para-hydroxylation sites is 1. The minimum atomic E-state index is -0.340. The van der Waals surface area contributed by atoms with E-state index in [9.17, 15) is 9.59 Å². The molecule has 3 heterocycles. The Bertz CT molecular complexity index is 2540. The van der Waals surface area contributed by atoms with Crippen LogP contribution in [0.1, 0.15) is 20.7 Å². The minimum Gasteiger partial charge on any atom is -0.308 e. The van der Waals surface area contributed by atoms with Gasteiger partial charge in [0.15, 0.2) is 0 Å². The van der Waals surface area contributed by atoms with Crippen LogP contribution in [0.2, 0.25) is 0 Å². The highest BCUT2D eigenvalue weighted by molar-refractivity contribution is 6.36. The molecule has 0 atom stereocenters. The molecule has 2 amide bonds. The third-order valence-electron chi connectivity index (χ3n) is 9.25. The number of hydrogen-bond donors (Lipinski definition) is 0. The number of amides is 2. The van der Waals surface area contributed by atoms with Crippen LogP contribution in [0.4, 0.5) is 5.69 Å². The van der Waals surface area contributed by atoms with Crippen LogP contribution in [0.25, 0.3) is 60.9 Å². The third kappa shape index (κ3) is 4.29. The van der Waals surface area contributed by atoms with E-state index >= 15 is 0 Å². The molecule has 0 spiro atoms. The first-order valence-corrected chi connectivity index (χ1v) is 15.9. The number of carbonyl (C=O) groups is 2. The minimum absolute atomic E-state index is 0.333. The molecule has 0 fully saturated rings. The van der Waals surface area contributed by atoms with Crippen LogP contribution in [0.5, 0.6) is 0 Å². The summed E-state index contributed by atoms with van der Waals surface area (Å²) in [7, 11) is 0. The topological polar surface area (TPSA) is 55.2 Å². The summed E-state index contributed by atoms with van der Waals surface area (Å²) in [4.78, 5) is 34.7. The van der Waals surface area contributed by atoms with Crippen molar-refractivity contribution in [3.63, 3.8) is 0 Å². The highest BCUT2D eigenvalue weighted by Crippen LogP contribution is 2.42. The summed E-state index contributed by atoms with van der Waals surface area (Å²) in [6.45, 7) is 0. The van der Waals surface area contributed by atoms with Crippen LogP contribution in [0.15, 0.2) is 164 Å². The molecule has 5 heteroatoms. The highest BCUT2D eigenvalue weighted by Gasteiger charge is 2.40. The Labute approximate surface area is 277 Å². The lowest BCUT2D eigenvalue weighted by Crippen LogP contribution is -2.30. The van der Waals surface area contributed by atoms with E-state index in [0.29, 0.717) is 22.5 Å². The van der Waals surface area contributed by atoms with Gasteiger partial charge in [-0.1, -0.05) is 103 Å². The van der Waals surface area contributed by atoms with Gasteiger partial charge in [-0.15, -0.1) is 0 Å². The first kappa shape index (κ1) is 27.7. The monoisotopic (exact) mass is 617 g/mol. The van der Waals surface area contributed by atoms with Crippen LogP contribution >= 0.6 is 0 Å². The number of anilines is 1. The zero-order chi connectivity index (χ0) is 32.2. The van der Waals surface area contributed by atoms with Crippen molar-refractivity contribution in [1.29, 1.82) is 0 Å². The summed E-state index contributed by atoms with van der Waals surface area (Å²) in [6.07, 6.45) is 3.59. The van der Waals surface area contributed by atoms with Gasteiger partial charge in [0, 0.05) is 28.7 Å². The average Bonchev–Trinajstić information content (AvgIpc) is 3.62. The lowest BCUT2D eigenvalue weighted by molar-refractivity contribution is 0.0926.